The molecular formula is C22H23N3O4. The fourth-order valence-electron chi connectivity index (χ4n) is 2.96. The molecule has 1 atom stereocenters. The molecule has 0 fully saturated rings. The summed E-state index contributed by atoms with van der Waals surface area (Å²) in [6.45, 7) is 1.84. The van der Waals surface area contributed by atoms with Crippen molar-refractivity contribution in [2.45, 2.75) is 19.4 Å². The molecule has 7 heteroatoms. The third kappa shape index (κ3) is 4.63. The van der Waals surface area contributed by atoms with Crippen molar-refractivity contribution in [1.29, 1.82) is 0 Å². The van der Waals surface area contributed by atoms with E-state index in [4.69, 9.17) is 9.47 Å². The minimum absolute atomic E-state index is 0.317. The highest BCUT2D eigenvalue weighted by atomic mass is 16.5. The molecule has 0 aliphatic carbocycles. The summed E-state index contributed by atoms with van der Waals surface area (Å²) in [5.41, 5.74) is 1.67. The number of nitrogens with zero attached hydrogens (tertiary/aromatic N) is 2. The number of benzene rings is 2. The summed E-state index contributed by atoms with van der Waals surface area (Å²) >= 11 is 0. The minimum atomic E-state index is -0.744. The van der Waals surface area contributed by atoms with Crippen molar-refractivity contribution >= 4 is 11.6 Å². The Hall–Kier alpha value is -3.61. The van der Waals surface area contributed by atoms with E-state index in [9.17, 15) is 9.59 Å². The summed E-state index contributed by atoms with van der Waals surface area (Å²) in [7, 11) is 3.16. The first-order chi connectivity index (χ1) is 14.0. The fourth-order valence-corrected chi connectivity index (χ4v) is 2.96. The zero-order valence-electron chi connectivity index (χ0n) is 16.6. The zero-order valence-corrected chi connectivity index (χ0v) is 16.6. The van der Waals surface area contributed by atoms with Crippen molar-refractivity contribution in [2.24, 2.45) is 0 Å². The first-order valence-electron chi connectivity index (χ1n) is 9.25. The van der Waals surface area contributed by atoms with E-state index in [0.717, 1.165) is 11.3 Å². The quantitative estimate of drug-likeness (QED) is 0.664. The van der Waals surface area contributed by atoms with Crippen LogP contribution < -0.4 is 20.3 Å². The first-order valence-corrected chi connectivity index (χ1v) is 9.25. The second-order valence-corrected chi connectivity index (χ2v) is 6.38. The number of ether oxygens (including phenoxy) is 2. The Kier molecular flexibility index (Phi) is 6.29. The molecule has 0 radical (unpaired) electrons. The molecule has 3 aromatic rings. The van der Waals surface area contributed by atoms with Crippen LogP contribution in [-0.4, -0.2) is 29.9 Å². The smallest absolute Gasteiger partial charge is 0.267 e. The lowest BCUT2D eigenvalue weighted by Gasteiger charge is -2.18. The number of hydrogen-bond acceptors (Lipinski definition) is 5. The largest absolute Gasteiger partial charge is 0.497 e. The third-order valence-corrected chi connectivity index (χ3v) is 4.53. The minimum Gasteiger partial charge on any atom is -0.497 e. The summed E-state index contributed by atoms with van der Waals surface area (Å²) in [4.78, 5) is 25.3. The van der Waals surface area contributed by atoms with Gasteiger partial charge in [0.25, 0.3) is 5.56 Å². The predicted octanol–water partition coefficient (Wildman–Crippen LogP) is 3.52. The van der Waals surface area contributed by atoms with Gasteiger partial charge in [-0.1, -0.05) is 13.0 Å². The van der Waals surface area contributed by atoms with Gasteiger partial charge in [0.15, 0.2) is 0 Å². The summed E-state index contributed by atoms with van der Waals surface area (Å²) in [6, 6.07) is 16.7. The van der Waals surface area contributed by atoms with Crippen molar-refractivity contribution < 1.29 is 14.3 Å². The van der Waals surface area contributed by atoms with E-state index in [-0.39, 0.29) is 11.5 Å². The average Bonchev–Trinajstić information content (AvgIpc) is 2.75. The van der Waals surface area contributed by atoms with Crippen molar-refractivity contribution in [3.8, 4) is 22.8 Å². The highest BCUT2D eigenvalue weighted by Crippen LogP contribution is 2.22. The van der Waals surface area contributed by atoms with Gasteiger partial charge in [-0.25, -0.2) is 4.68 Å². The molecule has 0 saturated heterocycles. The molecule has 1 heterocycles. The van der Waals surface area contributed by atoms with Crippen LogP contribution in [0, 0.1) is 0 Å². The van der Waals surface area contributed by atoms with Gasteiger partial charge in [0.2, 0.25) is 5.91 Å². The van der Waals surface area contributed by atoms with E-state index in [1.165, 1.54) is 10.7 Å². The second kappa shape index (κ2) is 9.05. The molecule has 0 aliphatic rings. The average molecular weight is 393 g/mol. The Morgan fingerprint density at radius 2 is 1.76 bits per heavy atom. The molecule has 1 amide bonds. The number of amides is 1. The van der Waals surface area contributed by atoms with Gasteiger partial charge in [-0.05, 0) is 48.9 Å². The number of methoxy groups -OCH3 is 2. The molecule has 2 aromatic carbocycles. The van der Waals surface area contributed by atoms with Crippen LogP contribution in [0.2, 0.25) is 0 Å². The summed E-state index contributed by atoms with van der Waals surface area (Å²) in [5.74, 6) is 1.04. The van der Waals surface area contributed by atoms with E-state index in [1.54, 1.807) is 44.6 Å². The van der Waals surface area contributed by atoms with Crippen LogP contribution in [0.4, 0.5) is 5.69 Å². The second-order valence-electron chi connectivity index (χ2n) is 6.38. The number of anilines is 1. The number of aromatic nitrogens is 2. The maximum Gasteiger partial charge on any atom is 0.267 e. The maximum absolute atomic E-state index is 12.9. The molecule has 29 heavy (non-hydrogen) atoms. The molecular weight excluding hydrogens is 370 g/mol. The Balaban J connectivity index is 1.89. The fraction of sp³-hybridized carbons (Fsp3) is 0.227. The molecule has 3 rings (SSSR count). The van der Waals surface area contributed by atoms with Crippen LogP contribution >= 0.6 is 0 Å². The molecule has 0 unspecified atom stereocenters. The molecule has 7 nitrogen and oxygen atoms in total. The number of rotatable bonds is 7. The lowest BCUT2D eigenvalue weighted by atomic mass is 10.1. The van der Waals surface area contributed by atoms with E-state index < -0.39 is 6.04 Å². The molecule has 1 N–H and O–H groups in total. The van der Waals surface area contributed by atoms with Gasteiger partial charge in [-0.3, -0.25) is 9.59 Å². The Morgan fingerprint density at radius 3 is 2.41 bits per heavy atom. The highest BCUT2D eigenvalue weighted by Gasteiger charge is 2.21. The van der Waals surface area contributed by atoms with Crippen molar-refractivity contribution in [1.82, 2.24) is 9.78 Å². The number of hydrogen-bond donors (Lipinski definition) is 1. The standard InChI is InChI=1S/C22H23N3O4/c1-4-20(22(27)23-16-6-5-7-18(14-16)29-3)25-21(26)13-12-19(24-25)15-8-10-17(28-2)11-9-15/h5-14,20H,4H2,1-3H3,(H,23,27)/t20-/m1/s1. The molecule has 0 spiro atoms. The lowest BCUT2D eigenvalue weighted by molar-refractivity contribution is -0.119. The van der Waals surface area contributed by atoms with Gasteiger partial charge < -0.3 is 14.8 Å². The van der Waals surface area contributed by atoms with Crippen molar-refractivity contribution in [2.75, 3.05) is 19.5 Å². The molecule has 0 aliphatic heterocycles. The van der Waals surface area contributed by atoms with E-state index in [1.807, 2.05) is 31.2 Å². The molecule has 0 bridgehead atoms. The number of carbonyl (C=O) groups is 1. The number of nitrogens with one attached hydrogen (secondary N) is 1. The monoisotopic (exact) mass is 393 g/mol. The van der Waals surface area contributed by atoms with E-state index >= 15 is 0 Å². The lowest BCUT2D eigenvalue weighted by Crippen LogP contribution is -2.34. The molecule has 1 aromatic heterocycles. The predicted molar refractivity (Wildman–Crippen MR) is 111 cm³/mol. The Labute approximate surface area is 168 Å². The van der Waals surface area contributed by atoms with Crippen LogP contribution in [0.3, 0.4) is 0 Å². The Bertz CT molecular complexity index is 1040. The molecule has 0 saturated carbocycles. The van der Waals surface area contributed by atoms with Crippen LogP contribution in [0.1, 0.15) is 19.4 Å². The normalized spacial score (nSPS) is 11.6. The van der Waals surface area contributed by atoms with Gasteiger partial charge in [-0.2, -0.15) is 5.10 Å². The first kappa shape index (κ1) is 20.1. The maximum atomic E-state index is 12.9. The topological polar surface area (TPSA) is 82.4 Å². The SMILES string of the molecule is CC[C@H](C(=O)Nc1cccc(OC)c1)n1nc(-c2ccc(OC)cc2)ccc1=O. The summed E-state index contributed by atoms with van der Waals surface area (Å²) < 4.78 is 11.6. The summed E-state index contributed by atoms with van der Waals surface area (Å²) in [5, 5.41) is 7.28. The number of carbonyl (C=O) groups excluding carboxylic acids is 1. The van der Waals surface area contributed by atoms with Crippen molar-refractivity contribution in [3.63, 3.8) is 0 Å². The van der Waals surface area contributed by atoms with Crippen LogP contribution in [0.5, 0.6) is 11.5 Å². The van der Waals surface area contributed by atoms with Gasteiger partial charge in [0.1, 0.15) is 17.5 Å². The van der Waals surface area contributed by atoms with Gasteiger partial charge >= 0.3 is 0 Å². The van der Waals surface area contributed by atoms with Gasteiger partial charge in [0.05, 0.1) is 19.9 Å². The van der Waals surface area contributed by atoms with Crippen LogP contribution in [-0.2, 0) is 4.79 Å². The van der Waals surface area contributed by atoms with E-state index in [2.05, 4.69) is 10.4 Å². The van der Waals surface area contributed by atoms with Crippen molar-refractivity contribution in [3.05, 3.63) is 71.0 Å². The third-order valence-electron chi connectivity index (χ3n) is 4.53. The zero-order chi connectivity index (χ0) is 20.8. The Morgan fingerprint density at radius 1 is 1.03 bits per heavy atom. The van der Waals surface area contributed by atoms with Gasteiger partial charge in [0, 0.05) is 23.4 Å². The van der Waals surface area contributed by atoms with Gasteiger partial charge in [-0.15, -0.1) is 0 Å². The molecule has 150 valence electrons. The van der Waals surface area contributed by atoms with Crippen LogP contribution in [0.15, 0.2) is 65.5 Å². The van der Waals surface area contributed by atoms with E-state index in [0.29, 0.717) is 23.6 Å². The van der Waals surface area contributed by atoms with Crippen LogP contribution in [0.25, 0.3) is 11.3 Å². The summed E-state index contributed by atoms with van der Waals surface area (Å²) in [6.07, 6.45) is 0.411. The highest BCUT2D eigenvalue weighted by molar-refractivity contribution is 5.93.